The molecule has 0 aliphatic carbocycles. The molecule has 0 aliphatic heterocycles. The van der Waals surface area contributed by atoms with Crippen molar-refractivity contribution >= 4 is 21.9 Å². The number of aliphatic hydroxyl groups is 1. The molecule has 0 saturated heterocycles. The number of aliphatic hydroxyl groups excluding tert-OH is 1. The quantitative estimate of drug-likeness (QED) is 0.695. The van der Waals surface area contributed by atoms with Crippen molar-refractivity contribution in [1.29, 1.82) is 0 Å². The molecule has 0 heterocycles. The zero-order chi connectivity index (χ0) is 13.7. The lowest BCUT2D eigenvalue weighted by Gasteiger charge is -2.05. The Morgan fingerprint density at radius 3 is 2.26 bits per heavy atom. The Morgan fingerprint density at radius 2 is 1.68 bits per heavy atom. The summed E-state index contributed by atoms with van der Waals surface area (Å²) < 4.78 is 6.17. The summed E-state index contributed by atoms with van der Waals surface area (Å²) in [5.74, 6) is 0.108. The molecule has 19 heavy (non-hydrogen) atoms. The van der Waals surface area contributed by atoms with Crippen LogP contribution >= 0.6 is 15.9 Å². The zero-order valence-electron chi connectivity index (χ0n) is 10.2. The standard InChI is InChI=1S/C15H13BrO3/c16-13-5-3-12(4-6-13)15(18)19-14-7-1-11(2-8-14)9-10-17/h1-8,17H,9-10H2. The lowest BCUT2D eigenvalue weighted by molar-refractivity contribution is 0.0734. The molecule has 0 radical (unpaired) electrons. The number of carbonyl (C=O) groups is 1. The number of hydrogen-bond acceptors (Lipinski definition) is 3. The molecule has 0 aliphatic rings. The fourth-order valence-electron chi connectivity index (χ4n) is 1.61. The molecule has 2 aromatic carbocycles. The van der Waals surface area contributed by atoms with E-state index >= 15 is 0 Å². The Bertz CT molecular complexity index is 547. The van der Waals surface area contributed by atoms with Crippen LogP contribution in [0.3, 0.4) is 0 Å². The molecule has 3 nitrogen and oxygen atoms in total. The largest absolute Gasteiger partial charge is 0.423 e. The molecule has 0 amide bonds. The van der Waals surface area contributed by atoms with Crippen LogP contribution in [0.1, 0.15) is 15.9 Å². The highest BCUT2D eigenvalue weighted by Crippen LogP contribution is 2.16. The highest BCUT2D eigenvalue weighted by atomic mass is 79.9. The van der Waals surface area contributed by atoms with E-state index < -0.39 is 0 Å². The molecule has 0 bridgehead atoms. The molecule has 1 N–H and O–H groups in total. The number of hydrogen-bond donors (Lipinski definition) is 1. The highest BCUT2D eigenvalue weighted by molar-refractivity contribution is 9.10. The number of rotatable bonds is 4. The maximum absolute atomic E-state index is 11.9. The van der Waals surface area contributed by atoms with Gasteiger partial charge in [0.25, 0.3) is 0 Å². The van der Waals surface area contributed by atoms with Crippen LogP contribution in [0.2, 0.25) is 0 Å². The van der Waals surface area contributed by atoms with Gasteiger partial charge in [-0.1, -0.05) is 28.1 Å². The molecule has 0 fully saturated rings. The lowest BCUT2D eigenvalue weighted by atomic mass is 10.1. The maximum atomic E-state index is 11.9. The van der Waals surface area contributed by atoms with Crippen molar-refractivity contribution in [2.45, 2.75) is 6.42 Å². The molecule has 0 aromatic heterocycles. The molecule has 0 atom stereocenters. The number of carbonyl (C=O) groups excluding carboxylic acids is 1. The second-order valence-corrected chi connectivity index (χ2v) is 4.93. The van der Waals surface area contributed by atoms with E-state index in [4.69, 9.17) is 9.84 Å². The van der Waals surface area contributed by atoms with Gasteiger partial charge >= 0.3 is 5.97 Å². The van der Waals surface area contributed by atoms with Gasteiger partial charge < -0.3 is 9.84 Å². The predicted molar refractivity (Wildman–Crippen MR) is 76.3 cm³/mol. The smallest absolute Gasteiger partial charge is 0.343 e. The Labute approximate surface area is 120 Å². The molecular weight excluding hydrogens is 308 g/mol. The van der Waals surface area contributed by atoms with Crippen molar-refractivity contribution in [3.63, 3.8) is 0 Å². The maximum Gasteiger partial charge on any atom is 0.343 e. The SMILES string of the molecule is O=C(Oc1ccc(CCO)cc1)c1ccc(Br)cc1. The van der Waals surface area contributed by atoms with Crippen LogP contribution in [0.25, 0.3) is 0 Å². The van der Waals surface area contributed by atoms with Gasteiger partial charge in [0, 0.05) is 11.1 Å². The van der Waals surface area contributed by atoms with Crippen molar-refractivity contribution in [3.8, 4) is 5.75 Å². The van der Waals surface area contributed by atoms with Gasteiger partial charge in [0.05, 0.1) is 5.56 Å². The van der Waals surface area contributed by atoms with Gasteiger partial charge in [-0.3, -0.25) is 0 Å². The third-order valence-corrected chi connectivity index (χ3v) is 3.14. The highest BCUT2D eigenvalue weighted by Gasteiger charge is 2.08. The minimum atomic E-state index is -0.387. The van der Waals surface area contributed by atoms with E-state index in [1.165, 1.54) is 0 Å². The summed E-state index contributed by atoms with van der Waals surface area (Å²) in [6.07, 6.45) is 0.598. The second kappa shape index (κ2) is 6.50. The molecule has 0 spiro atoms. The lowest BCUT2D eigenvalue weighted by Crippen LogP contribution is -2.08. The van der Waals surface area contributed by atoms with Gasteiger partial charge in [-0.25, -0.2) is 4.79 Å². The molecule has 98 valence electrons. The molecule has 0 unspecified atom stereocenters. The Balaban J connectivity index is 2.04. The van der Waals surface area contributed by atoms with Gasteiger partial charge in [0.1, 0.15) is 5.75 Å². The summed E-state index contributed by atoms with van der Waals surface area (Å²) in [7, 11) is 0. The molecule has 0 saturated carbocycles. The Morgan fingerprint density at radius 1 is 1.05 bits per heavy atom. The summed E-state index contributed by atoms with van der Waals surface area (Å²) in [5, 5.41) is 8.82. The molecule has 2 aromatic rings. The number of benzene rings is 2. The summed E-state index contributed by atoms with van der Waals surface area (Å²) >= 11 is 3.31. The first-order valence-corrected chi connectivity index (χ1v) is 6.66. The predicted octanol–water partition coefficient (Wildman–Crippen LogP) is 3.20. The van der Waals surface area contributed by atoms with Crippen molar-refractivity contribution in [3.05, 3.63) is 64.1 Å². The zero-order valence-corrected chi connectivity index (χ0v) is 11.8. The number of halogens is 1. The van der Waals surface area contributed by atoms with Gasteiger partial charge in [-0.05, 0) is 48.4 Å². The third kappa shape index (κ3) is 3.91. The van der Waals surface area contributed by atoms with E-state index in [0.717, 1.165) is 10.0 Å². The first kappa shape index (κ1) is 13.8. The minimum absolute atomic E-state index is 0.109. The normalized spacial score (nSPS) is 10.2. The van der Waals surface area contributed by atoms with E-state index in [1.807, 2.05) is 12.1 Å². The summed E-state index contributed by atoms with van der Waals surface area (Å²) in [6, 6.07) is 14.1. The van der Waals surface area contributed by atoms with Crippen LogP contribution in [-0.2, 0) is 6.42 Å². The van der Waals surface area contributed by atoms with Crippen LogP contribution in [0, 0.1) is 0 Å². The van der Waals surface area contributed by atoms with Crippen molar-refractivity contribution in [1.82, 2.24) is 0 Å². The Hall–Kier alpha value is -1.65. The fraction of sp³-hybridized carbons (Fsp3) is 0.133. The van der Waals surface area contributed by atoms with Crippen LogP contribution in [0.15, 0.2) is 53.0 Å². The van der Waals surface area contributed by atoms with Crippen LogP contribution in [0.4, 0.5) is 0 Å². The van der Waals surface area contributed by atoms with Crippen LogP contribution < -0.4 is 4.74 Å². The monoisotopic (exact) mass is 320 g/mol. The average molecular weight is 321 g/mol. The molecule has 4 heteroatoms. The summed E-state index contributed by atoms with van der Waals surface area (Å²) in [6.45, 7) is 0.109. The first-order valence-electron chi connectivity index (χ1n) is 5.86. The minimum Gasteiger partial charge on any atom is -0.423 e. The van der Waals surface area contributed by atoms with Crippen molar-refractivity contribution in [2.75, 3.05) is 6.61 Å². The van der Waals surface area contributed by atoms with Crippen molar-refractivity contribution < 1.29 is 14.6 Å². The van der Waals surface area contributed by atoms with Gasteiger partial charge in [0.2, 0.25) is 0 Å². The third-order valence-electron chi connectivity index (χ3n) is 2.61. The molecular formula is C15H13BrO3. The fourth-order valence-corrected chi connectivity index (χ4v) is 1.87. The van der Waals surface area contributed by atoms with Crippen LogP contribution in [-0.4, -0.2) is 17.7 Å². The van der Waals surface area contributed by atoms with E-state index in [-0.39, 0.29) is 12.6 Å². The second-order valence-electron chi connectivity index (χ2n) is 4.01. The summed E-state index contributed by atoms with van der Waals surface area (Å²) in [5.41, 5.74) is 1.51. The van der Waals surface area contributed by atoms with Crippen molar-refractivity contribution in [2.24, 2.45) is 0 Å². The van der Waals surface area contributed by atoms with E-state index in [2.05, 4.69) is 15.9 Å². The Kier molecular flexibility index (Phi) is 4.71. The topological polar surface area (TPSA) is 46.5 Å². The number of ether oxygens (including phenoxy) is 1. The number of esters is 1. The molecule has 2 rings (SSSR count). The van der Waals surface area contributed by atoms with E-state index in [9.17, 15) is 4.79 Å². The van der Waals surface area contributed by atoms with E-state index in [0.29, 0.717) is 17.7 Å². The van der Waals surface area contributed by atoms with Crippen LogP contribution in [0.5, 0.6) is 5.75 Å². The first-order chi connectivity index (χ1) is 9.19. The van der Waals surface area contributed by atoms with E-state index in [1.54, 1.807) is 36.4 Å². The van der Waals surface area contributed by atoms with Gasteiger partial charge in [-0.15, -0.1) is 0 Å². The van der Waals surface area contributed by atoms with Gasteiger partial charge in [0.15, 0.2) is 0 Å². The average Bonchev–Trinajstić information content (AvgIpc) is 2.42. The van der Waals surface area contributed by atoms with Gasteiger partial charge in [-0.2, -0.15) is 0 Å². The summed E-state index contributed by atoms with van der Waals surface area (Å²) in [4.78, 5) is 11.9.